The molecule has 2 aromatic carbocycles. The van der Waals surface area contributed by atoms with Crippen LogP contribution in [0.4, 0.5) is 5.88 Å². The van der Waals surface area contributed by atoms with Crippen molar-refractivity contribution in [1.82, 2.24) is 24.6 Å². The lowest BCUT2D eigenvalue weighted by Gasteiger charge is -2.25. The lowest BCUT2D eigenvalue weighted by molar-refractivity contribution is -0.132. The molecule has 1 amide bonds. The lowest BCUT2D eigenvalue weighted by Crippen LogP contribution is -2.30. The second kappa shape index (κ2) is 12.9. The minimum atomic E-state index is -4.06. The lowest BCUT2D eigenvalue weighted by atomic mass is 9.91. The Morgan fingerprint density at radius 3 is 2.38 bits per heavy atom. The van der Waals surface area contributed by atoms with Gasteiger partial charge >= 0.3 is 0 Å². The molecule has 0 saturated heterocycles. The molecule has 11 heteroatoms. The molecule has 0 radical (unpaired) electrons. The van der Waals surface area contributed by atoms with Gasteiger partial charge in [0.15, 0.2) is 5.65 Å². The van der Waals surface area contributed by atoms with Gasteiger partial charge in [0.05, 0.1) is 17.1 Å². The Bertz CT molecular complexity index is 2070. The van der Waals surface area contributed by atoms with E-state index < -0.39 is 10.0 Å². The average Bonchev–Trinajstić information content (AvgIpc) is 3.50. The number of hydrogen-bond acceptors (Lipinski definition) is 7. The van der Waals surface area contributed by atoms with Crippen LogP contribution in [0.2, 0.25) is 0 Å². The molecule has 1 N–H and O–H groups in total. The van der Waals surface area contributed by atoms with Gasteiger partial charge in [-0.15, -0.1) is 0 Å². The van der Waals surface area contributed by atoms with Gasteiger partial charge in [-0.1, -0.05) is 69.2 Å². The number of anilines is 1. The zero-order chi connectivity index (χ0) is 34.3. The molecule has 10 nitrogen and oxygen atoms in total. The standard InChI is InChI=1S/C36H44N6O4S/c1-10-31-38-33-22(2)17-23(3)37-34(33)42(31)20-26-15-16-28(27(18-26)21-41(9)32(43)19-36(6,7)8)29-13-11-12-14-30(29)47(44,45)40-35-24(4)25(5)39-46-35/h11-18,40H,10,19-21H2,1-9H3. The van der Waals surface area contributed by atoms with Crippen molar-refractivity contribution < 1.29 is 17.7 Å². The van der Waals surface area contributed by atoms with Gasteiger partial charge in [0.1, 0.15) is 11.3 Å². The third-order valence-electron chi connectivity index (χ3n) is 8.29. The molecule has 3 heterocycles. The van der Waals surface area contributed by atoms with Gasteiger partial charge in [0.2, 0.25) is 11.8 Å². The fraction of sp³-hybridized carbons (Fsp3) is 0.389. The van der Waals surface area contributed by atoms with Crippen LogP contribution in [-0.2, 0) is 34.3 Å². The number of nitrogens with zero attached hydrogens (tertiary/aromatic N) is 5. The first-order valence-electron chi connectivity index (χ1n) is 15.8. The van der Waals surface area contributed by atoms with Crippen molar-refractivity contribution in [3.8, 4) is 11.1 Å². The van der Waals surface area contributed by atoms with E-state index in [2.05, 4.69) is 34.4 Å². The van der Waals surface area contributed by atoms with Crippen molar-refractivity contribution in [1.29, 1.82) is 0 Å². The van der Waals surface area contributed by atoms with E-state index in [4.69, 9.17) is 14.5 Å². The highest BCUT2D eigenvalue weighted by Crippen LogP contribution is 2.34. The minimum absolute atomic E-state index is 0.0108. The van der Waals surface area contributed by atoms with Gasteiger partial charge in [-0.25, -0.2) is 23.1 Å². The van der Waals surface area contributed by atoms with Crippen LogP contribution in [-0.4, -0.2) is 46.0 Å². The van der Waals surface area contributed by atoms with Crippen LogP contribution in [0.3, 0.4) is 0 Å². The summed E-state index contributed by atoms with van der Waals surface area (Å²) in [6, 6.07) is 14.9. The number of benzene rings is 2. The number of pyridine rings is 1. The van der Waals surface area contributed by atoms with Crippen molar-refractivity contribution >= 4 is 33.0 Å². The summed E-state index contributed by atoms with van der Waals surface area (Å²) in [6.07, 6.45) is 1.13. The number of carbonyl (C=O) groups excluding carboxylic acids is 1. The fourth-order valence-electron chi connectivity index (χ4n) is 5.75. The molecule has 5 rings (SSSR count). The van der Waals surface area contributed by atoms with Crippen LogP contribution in [0.1, 0.15) is 73.6 Å². The van der Waals surface area contributed by atoms with Crippen LogP contribution in [0.5, 0.6) is 0 Å². The van der Waals surface area contributed by atoms with E-state index in [1.54, 1.807) is 44.0 Å². The SMILES string of the molecule is CCc1nc2c(C)cc(C)nc2n1Cc1ccc(-c2ccccc2S(=O)(=O)Nc2onc(C)c2C)c(CN(C)C(=O)CC(C)(C)C)c1. The summed E-state index contributed by atoms with van der Waals surface area (Å²) < 4.78 is 37.6. The zero-order valence-corrected chi connectivity index (χ0v) is 29.5. The Balaban J connectivity index is 1.61. The summed E-state index contributed by atoms with van der Waals surface area (Å²) in [6.45, 7) is 16.5. The van der Waals surface area contributed by atoms with Crippen LogP contribution in [0, 0.1) is 33.1 Å². The van der Waals surface area contributed by atoms with Crippen molar-refractivity contribution in [2.24, 2.45) is 5.41 Å². The van der Waals surface area contributed by atoms with Gasteiger partial charge in [-0.3, -0.25) is 4.79 Å². The fourth-order valence-corrected chi connectivity index (χ4v) is 7.02. The maximum atomic E-state index is 13.8. The highest BCUT2D eigenvalue weighted by molar-refractivity contribution is 7.92. The number of amides is 1. The first kappa shape index (κ1) is 33.8. The Morgan fingerprint density at radius 1 is 1.00 bits per heavy atom. The first-order chi connectivity index (χ1) is 22.1. The number of sulfonamides is 1. The molecule has 0 bridgehead atoms. The van der Waals surface area contributed by atoms with E-state index in [0.29, 0.717) is 41.9 Å². The zero-order valence-electron chi connectivity index (χ0n) is 28.7. The number of aromatic nitrogens is 4. The van der Waals surface area contributed by atoms with E-state index >= 15 is 0 Å². The second-order valence-corrected chi connectivity index (χ2v) is 15.2. The summed E-state index contributed by atoms with van der Waals surface area (Å²) >= 11 is 0. The smallest absolute Gasteiger partial charge is 0.264 e. The van der Waals surface area contributed by atoms with Crippen LogP contribution in [0.15, 0.2) is 57.9 Å². The molecule has 47 heavy (non-hydrogen) atoms. The summed E-state index contributed by atoms with van der Waals surface area (Å²) in [7, 11) is -2.28. The van der Waals surface area contributed by atoms with Crippen LogP contribution >= 0.6 is 0 Å². The highest BCUT2D eigenvalue weighted by atomic mass is 32.2. The van der Waals surface area contributed by atoms with Crippen LogP contribution in [0.25, 0.3) is 22.3 Å². The molecule has 0 aliphatic carbocycles. The summed E-state index contributed by atoms with van der Waals surface area (Å²) in [5, 5.41) is 3.89. The Labute approximate surface area is 277 Å². The van der Waals surface area contributed by atoms with Gasteiger partial charge in [-0.2, -0.15) is 0 Å². The van der Waals surface area contributed by atoms with Crippen molar-refractivity contribution in [2.75, 3.05) is 11.8 Å². The Hall–Kier alpha value is -4.51. The quantitative estimate of drug-likeness (QED) is 0.170. The predicted molar refractivity (Wildman–Crippen MR) is 185 cm³/mol. The molecule has 0 saturated carbocycles. The summed E-state index contributed by atoms with van der Waals surface area (Å²) in [5.74, 6) is 1.03. The molecule has 3 aromatic heterocycles. The van der Waals surface area contributed by atoms with E-state index in [1.807, 2.05) is 52.0 Å². The molecule has 0 aliphatic heterocycles. The number of aryl methyl sites for hydroxylation is 4. The normalized spacial score (nSPS) is 12.1. The third-order valence-corrected chi connectivity index (χ3v) is 9.68. The third kappa shape index (κ3) is 7.25. The van der Waals surface area contributed by atoms with Crippen molar-refractivity contribution in [3.05, 3.63) is 88.0 Å². The number of carbonyl (C=O) groups is 1. The van der Waals surface area contributed by atoms with E-state index in [9.17, 15) is 13.2 Å². The highest BCUT2D eigenvalue weighted by Gasteiger charge is 2.25. The number of nitrogens with one attached hydrogen (secondary N) is 1. The van der Waals surface area contributed by atoms with E-state index in [1.165, 1.54) is 0 Å². The maximum absolute atomic E-state index is 13.8. The van der Waals surface area contributed by atoms with Crippen molar-refractivity contribution in [3.63, 3.8) is 0 Å². The minimum Gasteiger partial charge on any atom is -0.341 e. The van der Waals surface area contributed by atoms with Gasteiger partial charge in [-0.05, 0) is 67.5 Å². The Morgan fingerprint density at radius 2 is 1.72 bits per heavy atom. The van der Waals surface area contributed by atoms with E-state index in [0.717, 1.165) is 45.8 Å². The molecule has 0 unspecified atom stereocenters. The predicted octanol–water partition coefficient (Wildman–Crippen LogP) is 7.13. The monoisotopic (exact) mass is 656 g/mol. The molecule has 0 spiro atoms. The topological polar surface area (TPSA) is 123 Å². The van der Waals surface area contributed by atoms with Crippen LogP contribution < -0.4 is 4.72 Å². The number of rotatable bonds is 10. The van der Waals surface area contributed by atoms with Gasteiger partial charge in [0, 0.05) is 43.3 Å². The largest absolute Gasteiger partial charge is 0.341 e. The molecular formula is C36H44N6O4S. The molecule has 5 aromatic rings. The van der Waals surface area contributed by atoms with Gasteiger partial charge in [0.25, 0.3) is 10.0 Å². The molecule has 248 valence electrons. The maximum Gasteiger partial charge on any atom is 0.264 e. The summed E-state index contributed by atoms with van der Waals surface area (Å²) in [4.78, 5) is 24.8. The Kier molecular flexibility index (Phi) is 9.32. The molecule has 0 fully saturated rings. The molecule has 0 aliphatic rings. The first-order valence-corrected chi connectivity index (χ1v) is 17.3. The number of fused-ring (bicyclic) bond motifs is 1. The molecular weight excluding hydrogens is 613 g/mol. The second-order valence-electron chi connectivity index (χ2n) is 13.5. The summed E-state index contributed by atoms with van der Waals surface area (Å²) in [5.41, 5.74) is 7.82. The van der Waals surface area contributed by atoms with Gasteiger partial charge < -0.3 is 14.0 Å². The van der Waals surface area contributed by atoms with E-state index in [-0.39, 0.29) is 22.1 Å². The average molecular weight is 657 g/mol. The number of hydrogen-bond donors (Lipinski definition) is 1. The van der Waals surface area contributed by atoms with Crippen molar-refractivity contribution in [2.45, 2.75) is 86.2 Å². The number of imidazole rings is 1. The molecule has 0 atom stereocenters.